The summed E-state index contributed by atoms with van der Waals surface area (Å²) in [5.41, 5.74) is 2.16. The van der Waals surface area contributed by atoms with Crippen LogP contribution in [0.25, 0.3) is 0 Å². The number of rotatable bonds is 6. The molecule has 0 saturated carbocycles. The smallest absolute Gasteiger partial charge is 0.251 e. The summed E-state index contributed by atoms with van der Waals surface area (Å²) in [6, 6.07) is 14.0. The number of carbonyl (C=O) groups excluding carboxylic acids is 2. The van der Waals surface area contributed by atoms with E-state index in [1.54, 1.807) is 36.4 Å². The average molecular weight is 386 g/mol. The Bertz CT molecular complexity index is 812. The molecule has 0 heterocycles. The maximum atomic E-state index is 12.0. The predicted molar refractivity (Wildman–Crippen MR) is 96.1 cm³/mol. The summed E-state index contributed by atoms with van der Waals surface area (Å²) in [6.07, 6.45) is 0. The van der Waals surface area contributed by atoms with Crippen molar-refractivity contribution in [2.45, 2.75) is 6.92 Å². The molecule has 122 valence electrons. The molecule has 0 radical (unpaired) electrons. The molecule has 5 nitrogen and oxygen atoms in total. The van der Waals surface area contributed by atoms with Gasteiger partial charge in [0.15, 0.2) is 5.78 Å². The second-order valence-corrected chi connectivity index (χ2v) is 6.04. The quantitative estimate of drug-likeness (QED) is 0.589. The molecule has 0 saturated heterocycles. The van der Waals surface area contributed by atoms with Crippen LogP contribution < -0.4 is 10.6 Å². The number of hydrogen-bond donors (Lipinski definition) is 2. The molecular formula is C18H16BrN3O2. The Morgan fingerprint density at radius 2 is 1.96 bits per heavy atom. The maximum Gasteiger partial charge on any atom is 0.251 e. The molecule has 2 aromatic carbocycles. The Kier molecular flexibility index (Phi) is 6.10. The van der Waals surface area contributed by atoms with Gasteiger partial charge in [0.1, 0.15) is 0 Å². The zero-order valence-electron chi connectivity index (χ0n) is 13.1. The van der Waals surface area contributed by atoms with Gasteiger partial charge in [0.05, 0.1) is 11.6 Å². The number of carbonyl (C=O) groups is 2. The van der Waals surface area contributed by atoms with Gasteiger partial charge < -0.3 is 10.6 Å². The molecular weight excluding hydrogens is 370 g/mol. The molecule has 6 heteroatoms. The van der Waals surface area contributed by atoms with Crippen molar-refractivity contribution in [1.29, 1.82) is 5.26 Å². The van der Waals surface area contributed by atoms with Gasteiger partial charge in [-0.05, 0) is 43.3 Å². The molecule has 2 aromatic rings. The first-order valence-corrected chi connectivity index (χ1v) is 8.13. The number of nitrogens with one attached hydrogen (secondary N) is 2. The summed E-state index contributed by atoms with van der Waals surface area (Å²) >= 11 is 3.33. The molecule has 1 amide bonds. The van der Waals surface area contributed by atoms with E-state index in [0.29, 0.717) is 35.5 Å². The van der Waals surface area contributed by atoms with E-state index in [9.17, 15) is 9.59 Å². The van der Waals surface area contributed by atoms with Crippen molar-refractivity contribution >= 4 is 33.3 Å². The minimum atomic E-state index is -0.171. The van der Waals surface area contributed by atoms with Crippen molar-refractivity contribution in [3.05, 3.63) is 63.6 Å². The van der Waals surface area contributed by atoms with Crippen LogP contribution in [0.5, 0.6) is 0 Å². The fraction of sp³-hybridized carbons (Fsp3) is 0.167. The highest BCUT2D eigenvalue weighted by Gasteiger charge is 2.09. The average Bonchev–Trinajstić information content (AvgIpc) is 2.58. The van der Waals surface area contributed by atoms with E-state index >= 15 is 0 Å². The van der Waals surface area contributed by atoms with Gasteiger partial charge in [-0.3, -0.25) is 9.59 Å². The monoisotopic (exact) mass is 385 g/mol. The summed E-state index contributed by atoms with van der Waals surface area (Å²) in [4.78, 5) is 23.7. The topological polar surface area (TPSA) is 82.0 Å². The maximum absolute atomic E-state index is 12.0. The molecule has 0 aliphatic rings. The largest absolute Gasteiger partial charge is 0.383 e. The van der Waals surface area contributed by atoms with Crippen LogP contribution in [0.2, 0.25) is 0 Å². The molecule has 0 fully saturated rings. The molecule has 0 bridgehead atoms. The number of halogens is 1. The van der Waals surface area contributed by atoms with Crippen molar-refractivity contribution in [2.24, 2.45) is 0 Å². The lowest BCUT2D eigenvalue weighted by Crippen LogP contribution is -2.29. The molecule has 0 unspecified atom stereocenters. The number of benzene rings is 2. The number of nitriles is 1. The number of nitrogens with zero attached hydrogens (tertiary/aromatic N) is 1. The third-order valence-electron chi connectivity index (χ3n) is 3.34. The van der Waals surface area contributed by atoms with Gasteiger partial charge in [0.25, 0.3) is 5.91 Å². The molecule has 2 rings (SSSR count). The molecule has 0 spiro atoms. The first-order chi connectivity index (χ1) is 11.5. The SMILES string of the molecule is CC(=O)c1ccc(C#N)cc1NCCNC(=O)c1cccc(Br)c1. The minimum Gasteiger partial charge on any atom is -0.383 e. The van der Waals surface area contributed by atoms with E-state index in [1.807, 2.05) is 12.1 Å². The molecule has 0 atom stereocenters. The van der Waals surface area contributed by atoms with Gasteiger partial charge in [-0.25, -0.2) is 0 Å². The second kappa shape index (κ2) is 8.27. The molecule has 24 heavy (non-hydrogen) atoms. The van der Waals surface area contributed by atoms with Crippen LogP contribution in [0.15, 0.2) is 46.9 Å². The fourth-order valence-corrected chi connectivity index (χ4v) is 2.57. The summed E-state index contributed by atoms with van der Waals surface area (Å²) < 4.78 is 0.840. The molecule has 2 N–H and O–H groups in total. The Morgan fingerprint density at radius 3 is 2.62 bits per heavy atom. The van der Waals surface area contributed by atoms with Crippen LogP contribution in [0.3, 0.4) is 0 Å². The highest BCUT2D eigenvalue weighted by Crippen LogP contribution is 2.18. The van der Waals surface area contributed by atoms with E-state index in [4.69, 9.17) is 5.26 Å². The second-order valence-electron chi connectivity index (χ2n) is 5.12. The summed E-state index contributed by atoms with van der Waals surface area (Å²) in [5, 5.41) is 14.9. The lowest BCUT2D eigenvalue weighted by atomic mass is 10.1. The number of Topliss-reactive ketones (excluding diaryl/α,β-unsaturated/α-hetero) is 1. The number of hydrogen-bond acceptors (Lipinski definition) is 4. The van der Waals surface area contributed by atoms with Crippen LogP contribution in [0.4, 0.5) is 5.69 Å². The zero-order chi connectivity index (χ0) is 17.5. The van der Waals surface area contributed by atoms with Gasteiger partial charge in [0.2, 0.25) is 0 Å². The van der Waals surface area contributed by atoms with Gasteiger partial charge >= 0.3 is 0 Å². The van der Waals surface area contributed by atoms with Crippen molar-refractivity contribution in [1.82, 2.24) is 5.32 Å². The van der Waals surface area contributed by atoms with Gasteiger partial charge in [-0.15, -0.1) is 0 Å². The fourth-order valence-electron chi connectivity index (χ4n) is 2.17. The Balaban J connectivity index is 1.94. The van der Waals surface area contributed by atoms with Crippen molar-refractivity contribution in [2.75, 3.05) is 18.4 Å². The molecule has 0 aliphatic heterocycles. The zero-order valence-corrected chi connectivity index (χ0v) is 14.7. The summed E-state index contributed by atoms with van der Waals surface area (Å²) in [6.45, 7) is 2.30. The number of ketones is 1. The third kappa shape index (κ3) is 4.67. The normalized spacial score (nSPS) is 9.88. The van der Waals surface area contributed by atoms with Crippen LogP contribution in [0, 0.1) is 11.3 Å². The lowest BCUT2D eigenvalue weighted by molar-refractivity contribution is 0.0953. The predicted octanol–water partition coefficient (Wildman–Crippen LogP) is 3.37. The Morgan fingerprint density at radius 1 is 1.17 bits per heavy atom. The lowest BCUT2D eigenvalue weighted by Gasteiger charge is -2.11. The standard InChI is InChI=1S/C18H16BrN3O2/c1-12(23)16-6-5-13(11-20)9-17(16)21-7-8-22-18(24)14-3-2-4-15(19)10-14/h2-6,9-10,21H,7-8H2,1H3,(H,22,24). The van der Waals surface area contributed by atoms with Crippen LogP contribution in [0.1, 0.15) is 33.2 Å². The van der Waals surface area contributed by atoms with E-state index in [-0.39, 0.29) is 11.7 Å². The first kappa shape index (κ1) is 17.7. The minimum absolute atomic E-state index is 0.0832. The summed E-state index contributed by atoms with van der Waals surface area (Å²) in [7, 11) is 0. The van der Waals surface area contributed by atoms with Crippen LogP contribution >= 0.6 is 15.9 Å². The van der Waals surface area contributed by atoms with E-state index < -0.39 is 0 Å². The first-order valence-electron chi connectivity index (χ1n) is 7.34. The van der Waals surface area contributed by atoms with Gasteiger partial charge in [-0.1, -0.05) is 22.0 Å². The molecule has 0 aromatic heterocycles. The number of anilines is 1. The Hall–Kier alpha value is -2.65. The van der Waals surface area contributed by atoms with Crippen molar-refractivity contribution < 1.29 is 9.59 Å². The van der Waals surface area contributed by atoms with Crippen LogP contribution in [-0.4, -0.2) is 24.8 Å². The highest BCUT2D eigenvalue weighted by molar-refractivity contribution is 9.10. The van der Waals surface area contributed by atoms with Crippen molar-refractivity contribution in [3.8, 4) is 6.07 Å². The third-order valence-corrected chi connectivity index (χ3v) is 3.83. The molecule has 0 aliphatic carbocycles. The highest BCUT2D eigenvalue weighted by atomic mass is 79.9. The van der Waals surface area contributed by atoms with Gasteiger partial charge in [-0.2, -0.15) is 5.26 Å². The van der Waals surface area contributed by atoms with E-state index in [2.05, 4.69) is 26.6 Å². The van der Waals surface area contributed by atoms with E-state index in [1.165, 1.54) is 6.92 Å². The van der Waals surface area contributed by atoms with E-state index in [0.717, 1.165) is 4.47 Å². The van der Waals surface area contributed by atoms with Crippen molar-refractivity contribution in [3.63, 3.8) is 0 Å². The summed E-state index contributed by atoms with van der Waals surface area (Å²) in [5.74, 6) is -0.254. The Labute approximate surface area is 148 Å². The number of amides is 1. The van der Waals surface area contributed by atoms with Crippen LogP contribution in [-0.2, 0) is 0 Å². The van der Waals surface area contributed by atoms with Gasteiger partial charge in [0, 0.05) is 34.4 Å².